The Kier molecular flexibility index (Phi) is 4.68. The number of hydrogen-bond acceptors (Lipinski definition) is 6. The van der Waals surface area contributed by atoms with E-state index in [1.54, 1.807) is 12.1 Å². The first-order chi connectivity index (χ1) is 11.8. The third kappa shape index (κ3) is 3.46. The molecule has 0 aliphatic carbocycles. The number of halogens is 2. The summed E-state index contributed by atoms with van der Waals surface area (Å²) in [4.78, 5) is 15.3. The highest BCUT2D eigenvalue weighted by molar-refractivity contribution is 7.90. The second kappa shape index (κ2) is 6.62. The van der Waals surface area contributed by atoms with Gasteiger partial charge in [-0.2, -0.15) is 0 Å². The molecule has 0 bridgehead atoms. The van der Waals surface area contributed by atoms with Crippen LogP contribution in [-0.2, 0) is 9.84 Å². The van der Waals surface area contributed by atoms with Crippen molar-refractivity contribution in [3.8, 4) is 28.4 Å². The van der Waals surface area contributed by atoms with Crippen LogP contribution in [0.25, 0.3) is 22.6 Å². The van der Waals surface area contributed by atoms with Crippen LogP contribution in [0.1, 0.15) is 0 Å². The van der Waals surface area contributed by atoms with E-state index in [4.69, 9.17) is 27.9 Å². The summed E-state index contributed by atoms with van der Waals surface area (Å²) in [5, 5.41) is 0.364. The van der Waals surface area contributed by atoms with Gasteiger partial charge < -0.3 is 9.72 Å². The Morgan fingerprint density at radius 3 is 2.48 bits per heavy atom. The molecule has 25 heavy (non-hydrogen) atoms. The van der Waals surface area contributed by atoms with Crippen molar-refractivity contribution in [3.63, 3.8) is 0 Å². The van der Waals surface area contributed by atoms with Crippen molar-refractivity contribution in [3.05, 3.63) is 40.9 Å². The summed E-state index contributed by atoms with van der Waals surface area (Å²) in [6.07, 6.45) is 4.01. The number of rotatable bonds is 4. The van der Waals surface area contributed by atoms with E-state index in [0.29, 0.717) is 28.4 Å². The fourth-order valence-corrected chi connectivity index (χ4v) is 3.24. The van der Waals surface area contributed by atoms with E-state index in [1.807, 2.05) is 0 Å². The largest absolute Gasteiger partial charge is 0.496 e. The molecule has 0 aliphatic rings. The van der Waals surface area contributed by atoms with Gasteiger partial charge in [0, 0.05) is 24.2 Å². The van der Waals surface area contributed by atoms with Gasteiger partial charge >= 0.3 is 0 Å². The lowest BCUT2D eigenvalue weighted by atomic mass is 10.2. The molecule has 0 spiro atoms. The van der Waals surface area contributed by atoms with E-state index in [-0.39, 0.29) is 15.3 Å². The van der Waals surface area contributed by atoms with Crippen LogP contribution in [0.2, 0.25) is 10.3 Å². The molecule has 3 heterocycles. The Morgan fingerprint density at radius 2 is 1.88 bits per heavy atom. The van der Waals surface area contributed by atoms with Gasteiger partial charge in [-0.3, -0.25) is 0 Å². The van der Waals surface area contributed by atoms with Crippen LogP contribution in [-0.4, -0.2) is 41.7 Å². The van der Waals surface area contributed by atoms with Gasteiger partial charge in [0.15, 0.2) is 20.0 Å². The Bertz CT molecular complexity index is 1030. The standard InChI is InChI=1S/C15H12Cl2N4O3S/c1-24-9-5-6-18-13(16)11(9)12-14(17)21-15(20-12)8-3-4-10(19-7-8)25(2,22)23/h3-7H,1-2H3,(H,20,21). The lowest BCUT2D eigenvalue weighted by Gasteiger charge is -2.08. The van der Waals surface area contributed by atoms with Crippen LogP contribution in [0, 0.1) is 0 Å². The second-order valence-electron chi connectivity index (χ2n) is 5.09. The lowest BCUT2D eigenvalue weighted by Crippen LogP contribution is -1.99. The molecule has 0 aromatic carbocycles. The van der Waals surface area contributed by atoms with Crippen molar-refractivity contribution < 1.29 is 13.2 Å². The zero-order chi connectivity index (χ0) is 18.2. The highest BCUT2D eigenvalue weighted by atomic mass is 35.5. The Morgan fingerprint density at radius 1 is 1.12 bits per heavy atom. The topological polar surface area (TPSA) is 97.8 Å². The van der Waals surface area contributed by atoms with E-state index in [0.717, 1.165) is 6.26 Å². The summed E-state index contributed by atoms with van der Waals surface area (Å²) in [5.74, 6) is 0.900. The van der Waals surface area contributed by atoms with Gasteiger partial charge in [-0.1, -0.05) is 23.2 Å². The average molecular weight is 399 g/mol. The molecule has 0 unspecified atom stereocenters. The van der Waals surface area contributed by atoms with E-state index < -0.39 is 9.84 Å². The molecule has 0 fully saturated rings. The van der Waals surface area contributed by atoms with Gasteiger partial charge in [-0.15, -0.1) is 0 Å². The van der Waals surface area contributed by atoms with E-state index in [1.165, 1.54) is 25.6 Å². The predicted molar refractivity (Wildman–Crippen MR) is 94.7 cm³/mol. The summed E-state index contributed by atoms with van der Waals surface area (Å²) in [7, 11) is -1.86. The first-order valence-corrected chi connectivity index (χ1v) is 9.57. The van der Waals surface area contributed by atoms with E-state index >= 15 is 0 Å². The minimum atomic E-state index is -3.37. The number of sulfone groups is 1. The normalized spacial score (nSPS) is 11.5. The van der Waals surface area contributed by atoms with Crippen molar-refractivity contribution in [2.75, 3.05) is 13.4 Å². The molecule has 0 radical (unpaired) electrons. The summed E-state index contributed by atoms with van der Waals surface area (Å²) >= 11 is 12.4. The summed E-state index contributed by atoms with van der Waals surface area (Å²) in [6.45, 7) is 0. The Balaban J connectivity index is 2.07. The molecule has 3 rings (SSSR count). The molecular weight excluding hydrogens is 387 g/mol. The Labute approximate surface area is 153 Å². The molecule has 0 aliphatic heterocycles. The number of aromatic nitrogens is 4. The lowest BCUT2D eigenvalue weighted by molar-refractivity contribution is 0.416. The van der Waals surface area contributed by atoms with Crippen LogP contribution in [0.15, 0.2) is 35.6 Å². The van der Waals surface area contributed by atoms with Crippen molar-refractivity contribution >= 4 is 33.0 Å². The second-order valence-corrected chi connectivity index (χ2v) is 7.77. The number of ether oxygens (including phenoxy) is 1. The number of nitrogens with one attached hydrogen (secondary N) is 1. The number of hydrogen-bond donors (Lipinski definition) is 1. The molecule has 0 saturated heterocycles. The van der Waals surface area contributed by atoms with E-state index in [9.17, 15) is 8.42 Å². The molecule has 0 atom stereocenters. The molecule has 3 aromatic heterocycles. The van der Waals surface area contributed by atoms with Crippen LogP contribution in [0.3, 0.4) is 0 Å². The van der Waals surface area contributed by atoms with Crippen molar-refractivity contribution in [1.29, 1.82) is 0 Å². The van der Waals surface area contributed by atoms with Crippen molar-refractivity contribution in [1.82, 2.24) is 19.9 Å². The maximum absolute atomic E-state index is 11.5. The molecule has 0 saturated carbocycles. The molecule has 3 aromatic rings. The molecule has 0 amide bonds. The number of pyridine rings is 2. The van der Waals surface area contributed by atoms with Crippen molar-refractivity contribution in [2.45, 2.75) is 5.03 Å². The zero-order valence-corrected chi connectivity index (χ0v) is 15.4. The monoisotopic (exact) mass is 398 g/mol. The molecule has 10 heteroatoms. The fraction of sp³-hybridized carbons (Fsp3) is 0.133. The SMILES string of the molecule is COc1ccnc(Cl)c1-c1[nH]c(-c2ccc(S(C)(=O)=O)nc2)nc1Cl. The van der Waals surface area contributed by atoms with Gasteiger partial charge in [-0.25, -0.2) is 23.4 Å². The summed E-state index contributed by atoms with van der Waals surface area (Å²) in [5.41, 5.74) is 1.49. The number of H-pyrrole nitrogens is 1. The number of methoxy groups -OCH3 is 1. The van der Waals surface area contributed by atoms with Crippen LogP contribution >= 0.6 is 23.2 Å². The molecule has 7 nitrogen and oxygen atoms in total. The van der Waals surface area contributed by atoms with E-state index in [2.05, 4.69) is 19.9 Å². The first kappa shape index (κ1) is 17.7. The number of aromatic amines is 1. The van der Waals surface area contributed by atoms with Crippen molar-refractivity contribution in [2.24, 2.45) is 0 Å². The van der Waals surface area contributed by atoms with Gasteiger partial charge in [0.25, 0.3) is 0 Å². The maximum Gasteiger partial charge on any atom is 0.192 e. The van der Waals surface area contributed by atoms with Gasteiger partial charge in [0.05, 0.1) is 18.4 Å². The smallest absolute Gasteiger partial charge is 0.192 e. The minimum Gasteiger partial charge on any atom is -0.496 e. The number of imidazole rings is 1. The molecular formula is C15H12Cl2N4O3S. The summed E-state index contributed by atoms with van der Waals surface area (Å²) < 4.78 is 28.3. The van der Waals surface area contributed by atoms with Gasteiger partial charge in [0.2, 0.25) is 0 Å². The van der Waals surface area contributed by atoms with Crippen LogP contribution in [0.4, 0.5) is 0 Å². The van der Waals surface area contributed by atoms with Crippen LogP contribution < -0.4 is 4.74 Å². The predicted octanol–water partition coefficient (Wildman–Crippen LogP) is 3.25. The van der Waals surface area contributed by atoms with Gasteiger partial charge in [-0.05, 0) is 18.2 Å². The third-order valence-electron chi connectivity index (χ3n) is 3.39. The Hall–Kier alpha value is -2.16. The fourth-order valence-electron chi connectivity index (χ4n) is 2.21. The van der Waals surface area contributed by atoms with Crippen LogP contribution in [0.5, 0.6) is 5.75 Å². The average Bonchev–Trinajstić information content (AvgIpc) is 2.95. The molecule has 130 valence electrons. The van der Waals surface area contributed by atoms with Gasteiger partial charge in [0.1, 0.15) is 16.7 Å². The first-order valence-electron chi connectivity index (χ1n) is 6.92. The maximum atomic E-state index is 11.5. The third-order valence-corrected chi connectivity index (χ3v) is 4.95. The highest BCUT2D eigenvalue weighted by Crippen LogP contribution is 2.38. The highest BCUT2D eigenvalue weighted by Gasteiger charge is 2.19. The minimum absolute atomic E-state index is 0.0221. The number of nitrogens with zero attached hydrogens (tertiary/aromatic N) is 3. The summed E-state index contributed by atoms with van der Waals surface area (Å²) in [6, 6.07) is 4.64. The zero-order valence-electron chi connectivity index (χ0n) is 13.1. The quantitative estimate of drug-likeness (QED) is 0.677. The molecule has 1 N–H and O–H groups in total.